The Balaban J connectivity index is 0. The molecule has 0 fully saturated rings. The molecular weight excluding hydrogens is 176 g/mol. The third kappa shape index (κ3) is 72.6. The van der Waals surface area contributed by atoms with Crippen molar-refractivity contribution in [2.45, 2.75) is 39.0 Å². The SMILES string of the molecule is CC[Si](C)(C)C.FC(F)(F)F. The van der Waals surface area contributed by atoms with E-state index in [4.69, 9.17) is 0 Å². The lowest BCUT2D eigenvalue weighted by Gasteiger charge is -2.09. The van der Waals surface area contributed by atoms with Gasteiger partial charge in [0.15, 0.2) is 0 Å². The number of halogens is 4. The number of rotatable bonds is 1. The fourth-order valence-electron chi connectivity index (χ4n) is 0. The fraction of sp³-hybridized carbons (Fsp3) is 1.00. The van der Waals surface area contributed by atoms with Gasteiger partial charge in [0.1, 0.15) is 0 Å². The Labute approximate surface area is 65.6 Å². The van der Waals surface area contributed by atoms with Crippen LogP contribution in [0, 0.1) is 0 Å². The first-order valence-electron chi connectivity index (χ1n) is 3.32. The van der Waals surface area contributed by atoms with Crippen molar-refractivity contribution >= 4 is 8.07 Å². The quantitative estimate of drug-likeness (QED) is 0.435. The third-order valence-electron chi connectivity index (χ3n) is 1.06. The van der Waals surface area contributed by atoms with Gasteiger partial charge in [0.05, 0.1) is 0 Å². The molecule has 0 radical (unpaired) electrons. The van der Waals surface area contributed by atoms with Crippen LogP contribution in [0.15, 0.2) is 0 Å². The highest BCUT2D eigenvalue weighted by molar-refractivity contribution is 6.75. The Hall–Kier alpha value is -0.0631. The fourth-order valence-corrected chi connectivity index (χ4v) is 0. The minimum Gasteiger partial charge on any atom is -0.140 e. The summed E-state index contributed by atoms with van der Waals surface area (Å²) in [5, 5.41) is 0. The summed E-state index contributed by atoms with van der Waals surface area (Å²) in [7, 11) is -0.631. The van der Waals surface area contributed by atoms with E-state index in [0.29, 0.717) is 0 Å². The van der Waals surface area contributed by atoms with Crippen molar-refractivity contribution in [3.63, 3.8) is 0 Å². The normalized spacial score (nSPS) is 12.0. The van der Waals surface area contributed by atoms with Gasteiger partial charge in [-0.3, -0.25) is 0 Å². The van der Waals surface area contributed by atoms with Gasteiger partial charge in [-0.15, -0.1) is 17.6 Å². The lowest BCUT2D eigenvalue weighted by atomic mass is 11.0. The first-order chi connectivity index (χ1) is 4.56. The maximum atomic E-state index is 9.69. The van der Waals surface area contributed by atoms with E-state index in [9.17, 15) is 17.6 Å². The Morgan fingerprint density at radius 2 is 1.09 bits per heavy atom. The van der Waals surface area contributed by atoms with Crippen LogP contribution >= 0.6 is 0 Å². The second-order valence-electron chi connectivity index (χ2n) is 3.34. The Kier molecular flexibility index (Phi) is 5.83. The number of hydrogen-bond donors (Lipinski definition) is 0. The summed E-state index contributed by atoms with van der Waals surface area (Å²) in [4.78, 5) is 0. The zero-order chi connectivity index (χ0) is 9.71. The smallest absolute Gasteiger partial charge is 0.140 e. The van der Waals surface area contributed by atoms with Gasteiger partial charge in [0.2, 0.25) is 0 Å². The van der Waals surface area contributed by atoms with Gasteiger partial charge in [-0.05, 0) is 0 Å². The average Bonchev–Trinajstić information content (AvgIpc) is 1.59. The molecule has 0 aliphatic rings. The molecule has 0 rings (SSSR count). The molecule has 5 heteroatoms. The van der Waals surface area contributed by atoms with Gasteiger partial charge in [0, 0.05) is 8.07 Å². The van der Waals surface area contributed by atoms with Gasteiger partial charge in [-0.1, -0.05) is 32.6 Å². The molecule has 0 spiro atoms. The van der Waals surface area contributed by atoms with E-state index in [1.807, 2.05) is 0 Å². The van der Waals surface area contributed by atoms with Crippen LogP contribution in [0.1, 0.15) is 6.92 Å². The summed E-state index contributed by atoms with van der Waals surface area (Å²) in [5.41, 5.74) is 0. The summed E-state index contributed by atoms with van der Waals surface area (Å²) in [6.45, 7) is 9.42. The molecule has 0 aromatic heterocycles. The zero-order valence-electron chi connectivity index (χ0n) is 7.22. The molecule has 0 atom stereocenters. The molecule has 0 amide bonds. The molecule has 0 N–H and O–H groups in total. The van der Waals surface area contributed by atoms with Gasteiger partial charge in [-0.25, -0.2) is 0 Å². The zero-order valence-corrected chi connectivity index (χ0v) is 8.22. The number of hydrogen-bond acceptors (Lipinski definition) is 0. The highest BCUT2D eigenvalue weighted by atomic mass is 28.3. The molecular formula is C6H14F4Si. The molecule has 0 heterocycles. The molecule has 0 nitrogen and oxygen atoms in total. The van der Waals surface area contributed by atoms with Crippen LogP contribution in [0.25, 0.3) is 0 Å². The maximum Gasteiger partial charge on any atom is 0.559 e. The molecule has 0 aliphatic carbocycles. The van der Waals surface area contributed by atoms with Gasteiger partial charge in [0.25, 0.3) is 0 Å². The summed E-state index contributed by atoms with van der Waals surface area (Å²) in [6, 6.07) is 1.41. The highest BCUT2D eigenvalue weighted by Crippen LogP contribution is 2.13. The molecule has 0 aromatic rings. The highest BCUT2D eigenvalue weighted by Gasteiger charge is 2.24. The van der Waals surface area contributed by atoms with Gasteiger partial charge >= 0.3 is 6.43 Å². The molecule has 11 heavy (non-hydrogen) atoms. The van der Waals surface area contributed by atoms with Crippen LogP contribution in [0.2, 0.25) is 25.7 Å². The van der Waals surface area contributed by atoms with E-state index in [1.165, 1.54) is 6.04 Å². The maximum absolute atomic E-state index is 9.69. The van der Waals surface area contributed by atoms with E-state index in [1.54, 1.807) is 0 Å². The number of alkyl halides is 4. The molecule has 70 valence electrons. The standard InChI is InChI=1S/C5H14Si.CF4/c1-5-6(2,3)4;2-1(3,4)5/h5H2,1-4H3;. The van der Waals surface area contributed by atoms with Crippen LogP contribution in [0.3, 0.4) is 0 Å². The molecule has 0 aromatic carbocycles. The van der Waals surface area contributed by atoms with Gasteiger partial charge < -0.3 is 0 Å². The summed E-state index contributed by atoms with van der Waals surface area (Å²) < 4.78 is 38.8. The topological polar surface area (TPSA) is 0 Å². The lowest BCUT2D eigenvalue weighted by Crippen LogP contribution is -2.16. The Morgan fingerprint density at radius 1 is 1.00 bits per heavy atom. The van der Waals surface area contributed by atoms with Crippen molar-refractivity contribution in [3.8, 4) is 0 Å². The average molecular weight is 190 g/mol. The first kappa shape index (κ1) is 13.5. The third-order valence-corrected chi connectivity index (χ3v) is 3.18. The second kappa shape index (κ2) is 4.74. The van der Waals surface area contributed by atoms with Crippen LogP contribution < -0.4 is 0 Å². The molecule has 0 bridgehead atoms. The minimum atomic E-state index is -5.50. The largest absolute Gasteiger partial charge is 0.559 e. The minimum absolute atomic E-state index is 0.631. The predicted octanol–water partition coefficient (Wildman–Crippen LogP) is 3.82. The van der Waals surface area contributed by atoms with Crippen molar-refractivity contribution < 1.29 is 17.6 Å². The van der Waals surface area contributed by atoms with Crippen molar-refractivity contribution in [2.75, 3.05) is 0 Å². The van der Waals surface area contributed by atoms with Crippen molar-refractivity contribution in [2.24, 2.45) is 0 Å². The summed E-state index contributed by atoms with van der Waals surface area (Å²) in [5.74, 6) is 0. The van der Waals surface area contributed by atoms with E-state index in [2.05, 4.69) is 26.6 Å². The predicted molar refractivity (Wildman–Crippen MR) is 41.0 cm³/mol. The Morgan fingerprint density at radius 3 is 1.09 bits per heavy atom. The monoisotopic (exact) mass is 190 g/mol. The van der Waals surface area contributed by atoms with E-state index in [0.717, 1.165) is 0 Å². The molecule has 0 saturated carbocycles. The van der Waals surface area contributed by atoms with Gasteiger partial charge in [-0.2, -0.15) is 0 Å². The lowest BCUT2D eigenvalue weighted by molar-refractivity contribution is -0.237. The molecule has 0 saturated heterocycles. The van der Waals surface area contributed by atoms with E-state index >= 15 is 0 Å². The van der Waals surface area contributed by atoms with E-state index < -0.39 is 14.5 Å². The van der Waals surface area contributed by atoms with Crippen LogP contribution in [0.4, 0.5) is 17.6 Å². The van der Waals surface area contributed by atoms with Crippen LogP contribution in [-0.4, -0.2) is 14.5 Å². The van der Waals surface area contributed by atoms with Crippen molar-refractivity contribution in [1.29, 1.82) is 0 Å². The molecule has 0 aliphatic heterocycles. The van der Waals surface area contributed by atoms with E-state index in [-0.39, 0.29) is 0 Å². The van der Waals surface area contributed by atoms with Crippen LogP contribution in [0.5, 0.6) is 0 Å². The van der Waals surface area contributed by atoms with Crippen molar-refractivity contribution in [1.82, 2.24) is 0 Å². The molecule has 0 unspecified atom stereocenters. The second-order valence-corrected chi connectivity index (χ2v) is 9.17. The Bertz CT molecular complexity index is 85.7. The first-order valence-corrected chi connectivity index (χ1v) is 7.02. The van der Waals surface area contributed by atoms with Crippen LogP contribution in [-0.2, 0) is 0 Å². The summed E-state index contributed by atoms with van der Waals surface area (Å²) in [6.07, 6.45) is -5.50. The summed E-state index contributed by atoms with van der Waals surface area (Å²) >= 11 is 0. The van der Waals surface area contributed by atoms with Crippen molar-refractivity contribution in [3.05, 3.63) is 0 Å².